The van der Waals surface area contributed by atoms with Gasteiger partial charge in [0.1, 0.15) is 0 Å². The number of rotatable bonds is 5. The minimum absolute atomic E-state index is 0.159. The van der Waals surface area contributed by atoms with E-state index in [2.05, 4.69) is 0 Å². The fourth-order valence-corrected chi connectivity index (χ4v) is 4.41. The van der Waals surface area contributed by atoms with Crippen LogP contribution in [0.4, 0.5) is 0 Å². The van der Waals surface area contributed by atoms with Gasteiger partial charge in [-0.15, -0.1) is 0 Å². The number of aromatic nitrogens is 1. The van der Waals surface area contributed by atoms with E-state index in [1.807, 2.05) is 18.2 Å². The summed E-state index contributed by atoms with van der Waals surface area (Å²) in [6.45, 7) is 3.54. The van der Waals surface area contributed by atoms with E-state index in [1.54, 1.807) is 50.2 Å². The molecule has 3 aromatic rings. The predicted octanol–water partition coefficient (Wildman–Crippen LogP) is 3.88. The summed E-state index contributed by atoms with van der Waals surface area (Å²) >= 11 is 0. The topological polar surface area (TPSA) is 65.4 Å². The molecule has 134 valence electrons. The lowest BCUT2D eigenvalue weighted by atomic mass is 10.1. The fraction of sp³-hybridized carbons (Fsp3) is 0.150. The van der Waals surface area contributed by atoms with Crippen molar-refractivity contribution in [2.24, 2.45) is 0 Å². The molecule has 0 spiro atoms. The first-order chi connectivity index (χ1) is 12.5. The largest absolute Gasteiger partial charge is 0.462 e. The molecule has 0 N–H and O–H groups in total. The van der Waals surface area contributed by atoms with E-state index in [1.165, 1.54) is 16.1 Å². The Kier molecular flexibility index (Phi) is 4.95. The number of carbonyl (C=O) groups is 1. The Hall–Kier alpha value is -2.86. The summed E-state index contributed by atoms with van der Waals surface area (Å²) < 4.78 is 32.8. The van der Waals surface area contributed by atoms with Crippen molar-refractivity contribution in [2.45, 2.75) is 18.7 Å². The van der Waals surface area contributed by atoms with Gasteiger partial charge in [0.2, 0.25) is 0 Å². The highest BCUT2D eigenvalue weighted by Crippen LogP contribution is 2.30. The summed E-state index contributed by atoms with van der Waals surface area (Å²) in [6, 6.07) is 18.8. The second-order valence-corrected chi connectivity index (χ2v) is 7.48. The molecule has 0 aliphatic carbocycles. The quantitative estimate of drug-likeness (QED) is 0.640. The SMILES string of the molecule is CCOC(=O)c1cc(-c2ccccc2)n(S(=O)(=O)c2ccccc2)c1C. The molecule has 0 aliphatic heterocycles. The van der Waals surface area contributed by atoms with Crippen LogP contribution in [0.3, 0.4) is 0 Å². The van der Waals surface area contributed by atoms with Crippen LogP contribution in [0.1, 0.15) is 23.0 Å². The van der Waals surface area contributed by atoms with Crippen LogP contribution in [-0.2, 0) is 14.8 Å². The Balaban J connectivity index is 2.28. The van der Waals surface area contributed by atoms with Crippen LogP contribution >= 0.6 is 0 Å². The molecule has 0 saturated heterocycles. The zero-order chi connectivity index (χ0) is 18.7. The van der Waals surface area contributed by atoms with Crippen molar-refractivity contribution >= 4 is 16.0 Å². The first kappa shape index (κ1) is 17.9. The molecular weight excluding hydrogens is 350 g/mol. The van der Waals surface area contributed by atoms with Gasteiger partial charge in [-0.2, -0.15) is 0 Å². The van der Waals surface area contributed by atoms with Crippen LogP contribution in [-0.4, -0.2) is 25.0 Å². The van der Waals surface area contributed by atoms with E-state index in [4.69, 9.17) is 4.74 Å². The number of hydrogen-bond donors (Lipinski definition) is 0. The van der Waals surface area contributed by atoms with Gasteiger partial charge in [-0.05, 0) is 37.6 Å². The van der Waals surface area contributed by atoms with E-state index in [0.717, 1.165) is 0 Å². The summed E-state index contributed by atoms with van der Waals surface area (Å²) in [5.41, 5.74) is 1.69. The van der Waals surface area contributed by atoms with E-state index < -0.39 is 16.0 Å². The Morgan fingerprint density at radius 3 is 2.15 bits per heavy atom. The first-order valence-electron chi connectivity index (χ1n) is 8.22. The molecule has 0 saturated carbocycles. The van der Waals surface area contributed by atoms with Crippen LogP contribution < -0.4 is 0 Å². The molecule has 6 heteroatoms. The second-order valence-electron chi connectivity index (χ2n) is 5.70. The lowest BCUT2D eigenvalue weighted by Gasteiger charge is -2.13. The van der Waals surface area contributed by atoms with Gasteiger partial charge < -0.3 is 4.74 Å². The number of hydrogen-bond acceptors (Lipinski definition) is 4. The van der Waals surface area contributed by atoms with Crippen LogP contribution in [0.25, 0.3) is 11.3 Å². The van der Waals surface area contributed by atoms with E-state index in [-0.39, 0.29) is 17.1 Å². The molecule has 0 unspecified atom stereocenters. The van der Waals surface area contributed by atoms with Gasteiger partial charge in [0, 0.05) is 5.69 Å². The lowest BCUT2D eigenvalue weighted by Crippen LogP contribution is -2.16. The summed E-state index contributed by atoms with van der Waals surface area (Å²) in [6.07, 6.45) is 0. The molecule has 0 fully saturated rings. The van der Waals surface area contributed by atoms with Gasteiger partial charge >= 0.3 is 5.97 Å². The zero-order valence-corrected chi connectivity index (χ0v) is 15.4. The van der Waals surface area contributed by atoms with Gasteiger partial charge in [0.25, 0.3) is 10.0 Å². The van der Waals surface area contributed by atoms with Gasteiger partial charge in [-0.25, -0.2) is 17.2 Å². The highest BCUT2D eigenvalue weighted by molar-refractivity contribution is 7.90. The Morgan fingerprint density at radius 2 is 1.58 bits per heavy atom. The Bertz CT molecular complexity index is 1020. The first-order valence-corrected chi connectivity index (χ1v) is 9.66. The van der Waals surface area contributed by atoms with E-state index in [9.17, 15) is 13.2 Å². The third-order valence-corrected chi connectivity index (χ3v) is 5.86. The molecule has 0 amide bonds. The van der Waals surface area contributed by atoms with Gasteiger partial charge in [0.15, 0.2) is 0 Å². The maximum atomic E-state index is 13.3. The van der Waals surface area contributed by atoms with Crippen LogP contribution in [0.5, 0.6) is 0 Å². The standard InChI is InChI=1S/C20H19NO4S/c1-3-25-20(22)18-14-19(16-10-6-4-7-11-16)21(15(18)2)26(23,24)17-12-8-5-9-13-17/h4-14H,3H2,1-2H3. The van der Waals surface area contributed by atoms with Gasteiger partial charge in [-0.1, -0.05) is 48.5 Å². The molecule has 3 rings (SSSR count). The van der Waals surface area contributed by atoms with Crippen molar-refractivity contribution in [3.05, 3.63) is 78.0 Å². The van der Waals surface area contributed by atoms with E-state index >= 15 is 0 Å². The maximum Gasteiger partial charge on any atom is 0.340 e. The molecule has 2 aromatic carbocycles. The molecule has 5 nitrogen and oxygen atoms in total. The van der Waals surface area contributed by atoms with Crippen LogP contribution in [0.15, 0.2) is 71.6 Å². The van der Waals surface area contributed by atoms with Crippen molar-refractivity contribution in [3.63, 3.8) is 0 Å². The minimum Gasteiger partial charge on any atom is -0.462 e. The molecule has 0 aliphatic rings. The number of esters is 1. The van der Waals surface area contributed by atoms with E-state index in [0.29, 0.717) is 17.0 Å². The number of benzene rings is 2. The third kappa shape index (κ3) is 3.15. The molecule has 1 heterocycles. The second kappa shape index (κ2) is 7.17. The van der Waals surface area contributed by atoms with Crippen molar-refractivity contribution in [2.75, 3.05) is 6.61 Å². The Labute approximate surface area is 152 Å². The van der Waals surface area contributed by atoms with Crippen LogP contribution in [0.2, 0.25) is 0 Å². The molecule has 26 heavy (non-hydrogen) atoms. The number of nitrogens with zero attached hydrogens (tertiary/aromatic N) is 1. The highest BCUT2D eigenvalue weighted by Gasteiger charge is 2.27. The van der Waals surface area contributed by atoms with Crippen molar-refractivity contribution < 1.29 is 17.9 Å². The molecule has 0 bridgehead atoms. The van der Waals surface area contributed by atoms with Gasteiger partial charge in [-0.3, -0.25) is 0 Å². The van der Waals surface area contributed by atoms with Gasteiger partial charge in [0.05, 0.1) is 22.8 Å². The molecule has 0 atom stereocenters. The average Bonchev–Trinajstić information content (AvgIpc) is 3.01. The average molecular weight is 369 g/mol. The Morgan fingerprint density at radius 1 is 1.00 bits per heavy atom. The summed E-state index contributed by atoms with van der Waals surface area (Å²) in [5.74, 6) is -0.538. The molecule has 0 radical (unpaired) electrons. The number of carbonyl (C=O) groups excluding carboxylic acids is 1. The molecule has 1 aromatic heterocycles. The van der Waals surface area contributed by atoms with Crippen molar-refractivity contribution in [1.82, 2.24) is 3.97 Å². The normalized spacial score (nSPS) is 11.3. The fourth-order valence-electron chi connectivity index (χ4n) is 2.82. The van der Waals surface area contributed by atoms with Crippen molar-refractivity contribution in [1.29, 1.82) is 0 Å². The monoisotopic (exact) mass is 369 g/mol. The summed E-state index contributed by atoms with van der Waals surface area (Å²) in [7, 11) is -3.87. The highest BCUT2D eigenvalue weighted by atomic mass is 32.2. The summed E-state index contributed by atoms with van der Waals surface area (Å²) in [4.78, 5) is 12.5. The minimum atomic E-state index is -3.87. The lowest BCUT2D eigenvalue weighted by molar-refractivity contribution is 0.0525. The maximum absolute atomic E-state index is 13.3. The molecular formula is C20H19NO4S. The van der Waals surface area contributed by atoms with Crippen molar-refractivity contribution in [3.8, 4) is 11.3 Å². The smallest absolute Gasteiger partial charge is 0.340 e. The van der Waals surface area contributed by atoms with Crippen LogP contribution in [0, 0.1) is 6.92 Å². The summed E-state index contributed by atoms with van der Waals surface area (Å²) in [5, 5.41) is 0. The number of ether oxygens (including phenoxy) is 1. The third-order valence-electron chi connectivity index (χ3n) is 4.04. The zero-order valence-electron chi connectivity index (χ0n) is 14.5. The predicted molar refractivity (Wildman–Crippen MR) is 99.6 cm³/mol.